The standard InChI is InChI=1S/C19H33N3O3Si/c1-13(2)26(14(3)4,15(5)6)25-18-9-7-16(11-18)21-17-8-10-19(20-12-17)22(23)24/h8,10,12-16,18,21H,7,9,11H2,1-6H3/t16-,18-/m0/s1. The number of pyridine rings is 1. The molecule has 2 rings (SSSR count). The summed E-state index contributed by atoms with van der Waals surface area (Å²) in [6, 6.07) is 3.51. The van der Waals surface area contributed by atoms with Crippen LogP contribution in [-0.2, 0) is 4.43 Å². The first-order valence-corrected chi connectivity index (χ1v) is 11.9. The molecule has 0 unspecified atom stereocenters. The lowest BCUT2D eigenvalue weighted by atomic mass is 10.2. The number of hydrogen-bond acceptors (Lipinski definition) is 5. The van der Waals surface area contributed by atoms with Gasteiger partial charge in [-0.1, -0.05) is 41.5 Å². The molecule has 0 saturated heterocycles. The van der Waals surface area contributed by atoms with Crippen molar-refractivity contribution in [1.82, 2.24) is 4.98 Å². The monoisotopic (exact) mass is 379 g/mol. The second-order valence-electron chi connectivity index (χ2n) is 8.37. The lowest BCUT2D eigenvalue weighted by molar-refractivity contribution is -0.389. The van der Waals surface area contributed by atoms with Crippen LogP contribution in [0.2, 0.25) is 16.6 Å². The first-order valence-electron chi connectivity index (χ1n) is 9.71. The number of anilines is 1. The Kier molecular flexibility index (Phi) is 6.79. The first kappa shape index (κ1) is 20.8. The van der Waals surface area contributed by atoms with Crippen LogP contribution in [0, 0.1) is 10.1 Å². The van der Waals surface area contributed by atoms with Gasteiger partial charge in [0.1, 0.15) is 0 Å². The summed E-state index contributed by atoms with van der Waals surface area (Å²) in [7, 11) is -1.85. The lowest BCUT2D eigenvalue weighted by Crippen LogP contribution is -2.50. The zero-order valence-corrected chi connectivity index (χ0v) is 17.9. The van der Waals surface area contributed by atoms with Crippen LogP contribution in [0.4, 0.5) is 11.5 Å². The minimum absolute atomic E-state index is 0.121. The van der Waals surface area contributed by atoms with E-state index in [0.717, 1.165) is 24.9 Å². The number of nitrogens with one attached hydrogen (secondary N) is 1. The summed E-state index contributed by atoms with van der Waals surface area (Å²) in [6.45, 7) is 13.9. The second kappa shape index (κ2) is 8.48. The van der Waals surface area contributed by atoms with E-state index in [4.69, 9.17) is 4.43 Å². The Labute approximate surface area is 158 Å². The molecule has 1 N–H and O–H groups in total. The van der Waals surface area contributed by atoms with Crippen LogP contribution in [0.1, 0.15) is 60.8 Å². The van der Waals surface area contributed by atoms with E-state index in [1.165, 1.54) is 6.07 Å². The molecule has 6 nitrogen and oxygen atoms in total. The van der Waals surface area contributed by atoms with Crippen molar-refractivity contribution in [3.05, 3.63) is 28.4 Å². The van der Waals surface area contributed by atoms with E-state index >= 15 is 0 Å². The third-order valence-corrected chi connectivity index (χ3v) is 11.9. The summed E-state index contributed by atoms with van der Waals surface area (Å²) in [6.07, 6.45) is 4.95. The fourth-order valence-electron chi connectivity index (χ4n) is 4.69. The molecule has 2 atom stereocenters. The molecule has 0 aliphatic heterocycles. The average Bonchev–Trinajstić information content (AvgIpc) is 2.99. The number of nitrogens with zero attached hydrogens (tertiary/aromatic N) is 2. The van der Waals surface area contributed by atoms with Gasteiger partial charge in [-0.15, -0.1) is 0 Å². The maximum atomic E-state index is 10.7. The summed E-state index contributed by atoms with van der Waals surface area (Å²) in [5.74, 6) is -0.121. The summed E-state index contributed by atoms with van der Waals surface area (Å²) in [5.41, 5.74) is 2.61. The molecule has 26 heavy (non-hydrogen) atoms. The van der Waals surface area contributed by atoms with Crippen molar-refractivity contribution in [2.24, 2.45) is 0 Å². The number of aromatic nitrogens is 1. The molecule has 1 aliphatic rings. The van der Waals surface area contributed by atoms with Crippen molar-refractivity contribution in [3.8, 4) is 0 Å². The molecule has 0 radical (unpaired) electrons. The third-order valence-electron chi connectivity index (χ3n) is 5.77. The third kappa shape index (κ3) is 4.43. The lowest BCUT2D eigenvalue weighted by Gasteiger charge is -2.44. The normalized spacial score (nSPS) is 21.0. The van der Waals surface area contributed by atoms with Gasteiger partial charge in [0.15, 0.2) is 6.20 Å². The van der Waals surface area contributed by atoms with Crippen molar-refractivity contribution >= 4 is 19.8 Å². The maximum Gasteiger partial charge on any atom is 0.363 e. The van der Waals surface area contributed by atoms with E-state index in [9.17, 15) is 10.1 Å². The van der Waals surface area contributed by atoms with Crippen molar-refractivity contribution in [1.29, 1.82) is 0 Å². The van der Waals surface area contributed by atoms with Crippen molar-refractivity contribution in [2.75, 3.05) is 5.32 Å². The fraction of sp³-hybridized carbons (Fsp3) is 0.737. The molecule has 0 bridgehead atoms. The molecule has 0 amide bonds. The SMILES string of the molecule is CC(C)[Si](O[C@H]1CC[C@H](Nc2ccc([N+](=O)[O-])nc2)C1)(C(C)C)C(C)C. The van der Waals surface area contributed by atoms with E-state index in [1.54, 1.807) is 12.3 Å². The summed E-state index contributed by atoms with van der Waals surface area (Å²) in [5, 5.41) is 14.2. The summed E-state index contributed by atoms with van der Waals surface area (Å²) < 4.78 is 6.90. The van der Waals surface area contributed by atoms with Crippen molar-refractivity contribution < 1.29 is 9.35 Å². The van der Waals surface area contributed by atoms with E-state index in [-0.39, 0.29) is 5.82 Å². The van der Waals surface area contributed by atoms with E-state index in [0.29, 0.717) is 28.8 Å². The Hall–Kier alpha value is -1.47. The topological polar surface area (TPSA) is 77.3 Å². The predicted molar refractivity (Wildman–Crippen MR) is 108 cm³/mol. The quantitative estimate of drug-likeness (QED) is 0.366. The summed E-state index contributed by atoms with van der Waals surface area (Å²) >= 11 is 0. The smallest absolute Gasteiger partial charge is 0.363 e. The highest BCUT2D eigenvalue weighted by atomic mass is 28.4. The van der Waals surface area contributed by atoms with Gasteiger partial charge in [-0.05, 0) is 51.9 Å². The van der Waals surface area contributed by atoms with Gasteiger partial charge in [0.05, 0.1) is 5.69 Å². The van der Waals surface area contributed by atoms with Gasteiger partial charge in [0, 0.05) is 18.2 Å². The maximum absolute atomic E-state index is 10.7. The molecule has 1 heterocycles. The van der Waals surface area contributed by atoms with E-state index in [1.807, 2.05) is 0 Å². The molecule has 1 aromatic rings. The van der Waals surface area contributed by atoms with E-state index in [2.05, 4.69) is 51.8 Å². The van der Waals surface area contributed by atoms with Gasteiger partial charge >= 0.3 is 5.82 Å². The molecular weight excluding hydrogens is 346 g/mol. The highest BCUT2D eigenvalue weighted by Crippen LogP contribution is 2.44. The molecule has 1 saturated carbocycles. The van der Waals surface area contributed by atoms with Gasteiger partial charge in [0.2, 0.25) is 8.32 Å². The van der Waals surface area contributed by atoms with Crippen LogP contribution in [0.3, 0.4) is 0 Å². The Morgan fingerprint density at radius 3 is 2.23 bits per heavy atom. The molecular formula is C19H33N3O3Si. The molecule has 7 heteroatoms. The largest absolute Gasteiger partial charge is 0.413 e. The average molecular weight is 380 g/mol. The van der Waals surface area contributed by atoms with Gasteiger partial charge in [0.25, 0.3) is 0 Å². The Balaban J connectivity index is 2.00. The van der Waals surface area contributed by atoms with E-state index < -0.39 is 13.2 Å². The van der Waals surface area contributed by atoms with Crippen molar-refractivity contribution in [3.63, 3.8) is 0 Å². The molecule has 146 valence electrons. The molecule has 1 aliphatic carbocycles. The van der Waals surface area contributed by atoms with Crippen molar-refractivity contribution in [2.45, 2.75) is 89.6 Å². The Bertz CT molecular complexity index is 583. The van der Waals surface area contributed by atoms with Gasteiger partial charge in [-0.25, -0.2) is 0 Å². The highest BCUT2D eigenvalue weighted by molar-refractivity contribution is 6.77. The Morgan fingerprint density at radius 1 is 1.15 bits per heavy atom. The highest BCUT2D eigenvalue weighted by Gasteiger charge is 2.47. The van der Waals surface area contributed by atoms with Crippen LogP contribution >= 0.6 is 0 Å². The van der Waals surface area contributed by atoms with Crippen LogP contribution in [0.15, 0.2) is 18.3 Å². The zero-order chi connectivity index (χ0) is 19.5. The van der Waals surface area contributed by atoms with Crippen LogP contribution in [-0.4, -0.2) is 30.4 Å². The summed E-state index contributed by atoms with van der Waals surface area (Å²) in [4.78, 5) is 14.1. The Morgan fingerprint density at radius 2 is 1.77 bits per heavy atom. The van der Waals surface area contributed by atoms with Gasteiger partial charge < -0.3 is 19.9 Å². The first-order chi connectivity index (χ1) is 12.2. The van der Waals surface area contributed by atoms with Gasteiger partial charge in [-0.3, -0.25) is 0 Å². The minimum Gasteiger partial charge on any atom is -0.413 e. The van der Waals surface area contributed by atoms with Crippen LogP contribution in [0.5, 0.6) is 0 Å². The fourth-order valence-corrected chi connectivity index (χ4v) is 10.3. The number of nitro groups is 1. The number of hydrogen-bond donors (Lipinski definition) is 1. The molecule has 0 spiro atoms. The second-order valence-corrected chi connectivity index (χ2v) is 13.8. The molecule has 1 fully saturated rings. The number of rotatable bonds is 8. The molecule has 1 aromatic heterocycles. The van der Waals surface area contributed by atoms with Gasteiger partial charge in [-0.2, -0.15) is 0 Å². The zero-order valence-electron chi connectivity index (χ0n) is 16.9. The molecule has 0 aromatic carbocycles. The van der Waals surface area contributed by atoms with Crippen LogP contribution < -0.4 is 5.32 Å². The van der Waals surface area contributed by atoms with Crippen LogP contribution in [0.25, 0.3) is 0 Å². The minimum atomic E-state index is -1.85. The predicted octanol–water partition coefficient (Wildman–Crippen LogP) is 5.51.